The summed E-state index contributed by atoms with van der Waals surface area (Å²) in [7, 11) is 3.17. The Labute approximate surface area is 222 Å². The van der Waals surface area contributed by atoms with E-state index in [1.807, 2.05) is 38.1 Å². The van der Waals surface area contributed by atoms with Gasteiger partial charge in [0.25, 0.3) is 0 Å². The summed E-state index contributed by atoms with van der Waals surface area (Å²) in [5.74, 6) is 2.25. The summed E-state index contributed by atoms with van der Waals surface area (Å²) >= 11 is 0. The molecule has 198 valence electrons. The van der Waals surface area contributed by atoms with E-state index in [0.29, 0.717) is 41.8 Å². The first-order chi connectivity index (χ1) is 17.7. The highest BCUT2D eigenvalue weighted by Gasteiger charge is 2.10. The number of ether oxygens (including phenoxy) is 4. The van der Waals surface area contributed by atoms with E-state index in [-0.39, 0.29) is 5.78 Å². The van der Waals surface area contributed by atoms with Crippen LogP contribution in [-0.4, -0.2) is 33.2 Å². The van der Waals surface area contributed by atoms with Gasteiger partial charge < -0.3 is 18.9 Å². The second-order valence-corrected chi connectivity index (χ2v) is 9.25. The number of carbonyl (C=O) groups is 1. The van der Waals surface area contributed by atoms with E-state index in [0.717, 1.165) is 18.4 Å². The molecule has 37 heavy (non-hydrogen) atoms. The van der Waals surface area contributed by atoms with Gasteiger partial charge in [-0.25, -0.2) is 0 Å². The molecule has 0 spiro atoms. The molecule has 0 fully saturated rings. The van der Waals surface area contributed by atoms with E-state index in [2.05, 4.69) is 32.9 Å². The number of hydrogen-bond acceptors (Lipinski definition) is 5. The number of methoxy groups -OCH3 is 2. The van der Waals surface area contributed by atoms with E-state index in [1.54, 1.807) is 38.5 Å². The average Bonchev–Trinajstić information content (AvgIpc) is 2.87. The van der Waals surface area contributed by atoms with E-state index in [1.165, 1.54) is 22.8 Å². The van der Waals surface area contributed by atoms with Crippen LogP contribution in [0.1, 0.15) is 63.4 Å². The molecule has 0 aliphatic rings. The predicted octanol–water partition coefficient (Wildman–Crippen LogP) is 8.02. The second kappa shape index (κ2) is 15.4. The van der Waals surface area contributed by atoms with Crippen LogP contribution in [0, 0.1) is 0 Å². The zero-order valence-corrected chi connectivity index (χ0v) is 23.2. The molecule has 0 aliphatic carbocycles. The highest BCUT2D eigenvalue weighted by Crippen LogP contribution is 2.30. The van der Waals surface area contributed by atoms with Gasteiger partial charge in [-0.15, -0.1) is 0 Å². The van der Waals surface area contributed by atoms with E-state index in [4.69, 9.17) is 18.9 Å². The summed E-state index contributed by atoms with van der Waals surface area (Å²) < 4.78 is 22.6. The minimum atomic E-state index is -0.137. The molecule has 0 radical (unpaired) electrons. The molecule has 0 unspecified atom stereocenters. The molecule has 2 rings (SSSR count). The van der Waals surface area contributed by atoms with Gasteiger partial charge in [0.1, 0.15) is 13.2 Å². The van der Waals surface area contributed by atoms with Gasteiger partial charge in [-0.2, -0.15) is 0 Å². The average molecular weight is 505 g/mol. The molecule has 0 saturated heterocycles. The molecular weight excluding hydrogens is 464 g/mol. The molecular formula is C32H40O5. The Kier molecular flexibility index (Phi) is 12.3. The lowest BCUT2D eigenvalue weighted by Gasteiger charge is -2.11. The molecule has 0 aromatic heterocycles. The van der Waals surface area contributed by atoms with Crippen molar-refractivity contribution >= 4 is 11.9 Å². The zero-order chi connectivity index (χ0) is 27.2. The highest BCUT2D eigenvalue weighted by atomic mass is 16.5. The molecule has 0 saturated carbocycles. The molecule has 5 heteroatoms. The van der Waals surface area contributed by atoms with Gasteiger partial charge in [0.15, 0.2) is 28.8 Å². The van der Waals surface area contributed by atoms with Gasteiger partial charge in [-0.05, 0) is 102 Å². The molecule has 0 bridgehead atoms. The first kappa shape index (κ1) is 29.5. The largest absolute Gasteiger partial charge is 0.493 e. The van der Waals surface area contributed by atoms with Crippen LogP contribution in [-0.2, 0) is 0 Å². The van der Waals surface area contributed by atoms with Crippen LogP contribution in [0.4, 0.5) is 0 Å². The van der Waals surface area contributed by atoms with Gasteiger partial charge in [0.2, 0.25) is 0 Å². The molecule has 2 aromatic carbocycles. The van der Waals surface area contributed by atoms with Crippen molar-refractivity contribution in [2.45, 2.75) is 47.5 Å². The highest BCUT2D eigenvalue weighted by molar-refractivity contribution is 6.07. The van der Waals surface area contributed by atoms with Crippen LogP contribution in [0.15, 0.2) is 77.4 Å². The second-order valence-electron chi connectivity index (χ2n) is 9.25. The Morgan fingerprint density at radius 1 is 0.730 bits per heavy atom. The van der Waals surface area contributed by atoms with Crippen molar-refractivity contribution < 1.29 is 23.7 Å². The molecule has 5 nitrogen and oxygen atoms in total. The van der Waals surface area contributed by atoms with Gasteiger partial charge in [-0.1, -0.05) is 34.9 Å². The van der Waals surface area contributed by atoms with Crippen molar-refractivity contribution in [3.05, 3.63) is 88.5 Å². The summed E-state index contributed by atoms with van der Waals surface area (Å²) in [6, 6.07) is 10.8. The quantitative estimate of drug-likeness (QED) is 0.148. The van der Waals surface area contributed by atoms with E-state index >= 15 is 0 Å². The Morgan fingerprint density at radius 2 is 1.32 bits per heavy atom. The van der Waals surface area contributed by atoms with Crippen molar-refractivity contribution in [2.24, 2.45) is 0 Å². The van der Waals surface area contributed by atoms with Crippen LogP contribution in [0.2, 0.25) is 0 Å². The lowest BCUT2D eigenvalue weighted by atomic mass is 10.1. The zero-order valence-electron chi connectivity index (χ0n) is 23.2. The number of ketones is 1. The fourth-order valence-corrected chi connectivity index (χ4v) is 3.38. The Bertz CT molecular complexity index is 1160. The monoisotopic (exact) mass is 504 g/mol. The predicted molar refractivity (Wildman–Crippen MR) is 152 cm³/mol. The summed E-state index contributed by atoms with van der Waals surface area (Å²) in [4.78, 5) is 12.8. The first-order valence-electron chi connectivity index (χ1n) is 12.5. The lowest BCUT2D eigenvalue weighted by molar-refractivity contribution is 0.104. The fourth-order valence-electron chi connectivity index (χ4n) is 3.38. The standard InChI is InChI=1S/C32H40O5/c1-23(2)9-8-10-25(5)18-20-37-29-15-12-26(21-31(29)34-6)11-14-28(33)27-13-16-30(32(22-27)35-7)36-19-17-24(3)4/h9,11-18,21-22H,8,10,19-20H2,1-7H3. The third kappa shape index (κ3) is 10.4. The lowest BCUT2D eigenvalue weighted by Crippen LogP contribution is -2.00. The van der Waals surface area contributed by atoms with Crippen molar-refractivity contribution in [1.29, 1.82) is 0 Å². The molecule has 0 aliphatic heterocycles. The molecule has 0 heterocycles. The van der Waals surface area contributed by atoms with Crippen molar-refractivity contribution in [2.75, 3.05) is 27.4 Å². The smallest absolute Gasteiger partial charge is 0.185 e. The number of allylic oxidation sites excluding steroid dienone is 5. The minimum absolute atomic E-state index is 0.137. The summed E-state index contributed by atoms with van der Waals surface area (Å²) in [6.45, 7) is 11.3. The van der Waals surface area contributed by atoms with Crippen molar-refractivity contribution in [1.82, 2.24) is 0 Å². The van der Waals surface area contributed by atoms with E-state index in [9.17, 15) is 4.79 Å². The van der Waals surface area contributed by atoms with Crippen LogP contribution < -0.4 is 18.9 Å². The van der Waals surface area contributed by atoms with Gasteiger partial charge >= 0.3 is 0 Å². The number of hydrogen-bond donors (Lipinski definition) is 0. The Hall–Kier alpha value is -3.73. The Balaban J connectivity index is 2.03. The number of rotatable bonds is 14. The maximum absolute atomic E-state index is 12.8. The Morgan fingerprint density at radius 3 is 1.95 bits per heavy atom. The number of carbonyl (C=O) groups excluding carboxylic acids is 1. The summed E-state index contributed by atoms with van der Waals surface area (Å²) in [6.07, 6.45) is 11.7. The topological polar surface area (TPSA) is 54.0 Å². The van der Waals surface area contributed by atoms with Crippen molar-refractivity contribution in [3.8, 4) is 23.0 Å². The third-order valence-electron chi connectivity index (χ3n) is 5.56. The number of benzene rings is 2. The third-order valence-corrected chi connectivity index (χ3v) is 5.56. The molecule has 0 N–H and O–H groups in total. The van der Waals surface area contributed by atoms with Gasteiger partial charge in [0, 0.05) is 5.56 Å². The van der Waals surface area contributed by atoms with Crippen molar-refractivity contribution in [3.63, 3.8) is 0 Å². The molecule has 2 aromatic rings. The molecule has 0 atom stereocenters. The maximum Gasteiger partial charge on any atom is 0.185 e. The SMILES string of the molecule is COc1cc(C=CC(=O)c2ccc(OCC=C(C)C)c(OC)c2)ccc1OCC=C(C)CCC=C(C)C. The summed E-state index contributed by atoms with van der Waals surface area (Å²) in [5, 5.41) is 0. The van der Waals surface area contributed by atoms with Gasteiger partial charge in [0.05, 0.1) is 14.2 Å². The fraction of sp³-hybridized carbons (Fsp3) is 0.344. The van der Waals surface area contributed by atoms with Crippen LogP contribution >= 0.6 is 0 Å². The normalized spacial score (nSPS) is 11.2. The summed E-state index contributed by atoms with van der Waals surface area (Å²) in [5.41, 5.74) is 5.15. The van der Waals surface area contributed by atoms with Crippen LogP contribution in [0.5, 0.6) is 23.0 Å². The molecule has 0 amide bonds. The minimum Gasteiger partial charge on any atom is -0.493 e. The maximum atomic E-state index is 12.8. The van der Waals surface area contributed by atoms with Crippen LogP contribution in [0.25, 0.3) is 6.08 Å². The van der Waals surface area contributed by atoms with E-state index < -0.39 is 0 Å². The van der Waals surface area contributed by atoms with Crippen LogP contribution in [0.3, 0.4) is 0 Å². The first-order valence-corrected chi connectivity index (χ1v) is 12.5. The van der Waals surface area contributed by atoms with Gasteiger partial charge in [-0.3, -0.25) is 4.79 Å².